The van der Waals surface area contributed by atoms with Crippen molar-refractivity contribution in [2.45, 2.75) is 6.04 Å². The van der Waals surface area contributed by atoms with Gasteiger partial charge in [-0.05, 0) is 41.1 Å². The van der Waals surface area contributed by atoms with E-state index in [1.807, 2.05) is 12.1 Å². The second-order valence-corrected chi connectivity index (χ2v) is 9.24. The summed E-state index contributed by atoms with van der Waals surface area (Å²) in [6.07, 6.45) is 8.43. The average Bonchev–Trinajstić information content (AvgIpc) is 3.52. The first-order valence-corrected chi connectivity index (χ1v) is 11.6. The average molecular weight is 435 g/mol. The minimum absolute atomic E-state index is 0.0934. The number of aliphatic imine (C=N–C) groups is 1. The highest BCUT2D eigenvalue weighted by Crippen LogP contribution is 2.50. The molecule has 3 aromatic heterocycles. The highest BCUT2D eigenvalue weighted by Gasteiger charge is 2.30. The van der Waals surface area contributed by atoms with Crippen molar-refractivity contribution in [1.29, 1.82) is 0 Å². The van der Waals surface area contributed by atoms with Gasteiger partial charge >= 0.3 is 0 Å². The second kappa shape index (κ2) is 5.67. The number of hydrogen-bond donors (Lipinski definition) is 1. The molecule has 0 fully saturated rings. The highest BCUT2D eigenvalue weighted by atomic mass is 16.3. The Bertz CT molecular complexity index is 2100. The van der Waals surface area contributed by atoms with Crippen LogP contribution in [0.15, 0.2) is 100 Å². The molecule has 0 bridgehead atoms. The van der Waals surface area contributed by atoms with E-state index in [1.54, 1.807) is 0 Å². The van der Waals surface area contributed by atoms with Gasteiger partial charge in [0.2, 0.25) is 0 Å². The molecule has 0 saturated carbocycles. The molecule has 158 valence electrons. The number of fused-ring (bicyclic) bond motifs is 13. The van der Waals surface area contributed by atoms with E-state index in [0.29, 0.717) is 0 Å². The monoisotopic (exact) mass is 435 g/mol. The van der Waals surface area contributed by atoms with Gasteiger partial charge in [0.15, 0.2) is 5.82 Å². The van der Waals surface area contributed by atoms with Crippen LogP contribution in [0.2, 0.25) is 0 Å². The summed E-state index contributed by atoms with van der Waals surface area (Å²) in [4.78, 5) is 5.22. The van der Waals surface area contributed by atoms with E-state index in [1.165, 1.54) is 38.0 Å². The summed E-state index contributed by atoms with van der Waals surface area (Å²) in [5.41, 5.74) is 6.35. The van der Waals surface area contributed by atoms with Gasteiger partial charge in [-0.15, -0.1) is 0 Å². The summed E-state index contributed by atoms with van der Waals surface area (Å²) in [5, 5.41) is 12.3. The highest BCUT2D eigenvalue weighted by molar-refractivity contribution is 6.34. The minimum atomic E-state index is 0.0934. The molecular weight excluding hydrogens is 418 g/mol. The number of para-hydroxylation sites is 1. The van der Waals surface area contributed by atoms with Gasteiger partial charge in [0.05, 0.1) is 33.9 Å². The number of anilines is 1. The van der Waals surface area contributed by atoms with Crippen molar-refractivity contribution < 1.29 is 4.42 Å². The summed E-state index contributed by atoms with van der Waals surface area (Å²) in [6, 6.07) is 23.8. The van der Waals surface area contributed by atoms with Crippen molar-refractivity contribution in [2.24, 2.45) is 4.99 Å². The molecule has 4 nitrogen and oxygen atoms in total. The lowest BCUT2D eigenvalue weighted by molar-refractivity contribution is 0.669. The van der Waals surface area contributed by atoms with Crippen LogP contribution in [0.5, 0.6) is 0 Å². The molecule has 1 aliphatic carbocycles. The maximum absolute atomic E-state index is 6.28. The maximum atomic E-state index is 6.28. The fourth-order valence-corrected chi connectivity index (χ4v) is 6.11. The molecule has 1 N–H and O–H groups in total. The molecule has 0 saturated heterocycles. The normalized spacial score (nSPS) is 17.3. The van der Waals surface area contributed by atoms with Crippen molar-refractivity contribution in [3.05, 3.63) is 91.0 Å². The van der Waals surface area contributed by atoms with Gasteiger partial charge in [0, 0.05) is 21.5 Å². The van der Waals surface area contributed by atoms with E-state index in [4.69, 9.17) is 9.41 Å². The first kappa shape index (κ1) is 17.0. The molecule has 7 aromatic rings. The smallest absolute Gasteiger partial charge is 0.162 e. The zero-order valence-electron chi connectivity index (χ0n) is 18.0. The van der Waals surface area contributed by atoms with E-state index >= 15 is 0 Å². The number of nitrogens with one attached hydrogen (secondary N) is 1. The van der Waals surface area contributed by atoms with Crippen LogP contribution in [-0.2, 0) is 0 Å². The number of furan rings is 1. The maximum Gasteiger partial charge on any atom is 0.162 e. The van der Waals surface area contributed by atoms with Crippen molar-refractivity contribution in [2.75, 3.05) is 5.32 Å². The molecule has 0 amide bonds. The summed E-state index contributed by atoms with van der Waals surface area (Å²) < 4.78 is 8.65. The fourth-order valence-electron chi connectivity index (χ4n) is 6.11. The van der Waals surface area contributed by atoms with Crippen molar-refractivity contribution >= 4 is 77.1 Å². The van der Waals surface area contributed by atoms with Gasteiger partial charge in [-0.25, -0.2) is 4.99 Å². The predicted octanol–water partition coefficient (Wildman–Crippen LogP) is 7.73. The zero-order chi connectivity index (χ0) is 22.0. The first-order valence-electron chi connectivity index (χ1n) is 11.6. The standard InChI is InChI=1S/C30H17N3O/c1-2-8-17-16(7-1)15-20-27-30(32-22-11-5-4-10-21(22)31-27)33-28-19(25(17)29(20)33)13-14-24-26(28)18-9-3-6-12-23(18)34-24/h1-15,21,31H. The molecule has 4 heteroatoms. The van der Waals surface area contributed by atoms with Gasteiger partial charge in [-0.2, -0.15) is 0 Å². The zero-order valence-corrected chi connectivity index (χ0v) is 18.0. The predicted molar refractivity (Wildman–Crippen MR) is 141 cm³/mol. The summed E-state index contributed by atoms with van der Waals surface area (Å²) in [5.74, 6) is 0.967. The third kappa shape index (κ3) is 1.86. The molecule has 0 spiro atoms. The van der Waals surface area contributed by atoms with Gasteiger partial charge in [0.1, 0.15) is 11.2 Å². The number of nitrogens with zero attached hydrogens (tertiary/aromatic N) is 2. The van der Waals surface area contributed by atoms with Gasteiger partial charge in [-0.3, -0.25) is 4.40 Å². The third-order valence-electron chi connectivity index (χ3n) is 7.49. The van der Waals surface area contributed by atoms with Crippen molar-refractivity contribution in [3.8, 4) is 0 Å². The molecule has 9 rings (SSSR count). The summed E-state index contributed by atoms with van der Waals surface area (Å²) >= 11 is 0. The van der Waals surface area contributed by atoms with Crippen LogP contribution in [0.4, 0.5) is 11.5 Å². The lowest BCUT2D eigenvalue weighted by atomic mass is 9.99. The number of aromatic nitrogens is 1. The van der Waals surface area contributed by atoms with Crippen molar-refractivity contribution in [1.82, 2.24) is 4.40 Å². The van der Waals surface area contributed by atoms with Gasteiger partial charge in [-0.1, -0.05) is 60.7 Å². The summed E-state index contributed by atoms with van der Waals surface area (Å²) in [7, 11) is 0. The molecule has 0 radical (unpaired) electrons. The third-order valence-corrected chi connectivity index (χ3v) is 7.49. The Morgan fingerprint density at radius 2 is 1.62 bits per heavy atom. The van der Waals surface area contributed by atoms with Crippen molar-refractivity contribution in [3.63, 3.8) is 0 Å². The van der Waals surface area contributed by atoms with E-state index in [9.17, 15) is 0 Å². The van der Waals surface area contributed by atoms with Gasteiger partial charge in [0.25, 0.3) is 0 Å². The number of rotatable bonds is 0. The van der Waals surface area contributed by atoms with Gasteiger partial charge < -0.3 is 9.73 Å². The number of benzene rings is 4. The number of allylic oxidation sites excluding steroid dienone is 2. The molecule has 1 atom stereocenters. The Hall–Kier alpha value is -4.57. The Balaban J connectivity index is 1.62. The molecular formula is C30H17N3O. The SMILES string of the molecule is C1=CC2=Nc3c(c4cc5ccccc5c5c6ccc7oc8ccccc8c7c6n3c45)NC2C=C1. The quantitative estimate of drug-likeness (QED) is 0.265. The van der Waals surface area contributed by atoms with E-state index in [-0.39, 0.29) is 6.04 Å². The summed E-state index contributed by atoms with van der Waals surface area (Å²) in [6.45, 7) is 0. The van der Waals surface area contributed by atoms with Crippen LogP contribution >= 0.6 is 0 Å². The molecule has 1 unspecified atom stereocenters. The largest absolute Gasteiger partial charge is 0.456 e. The fraction of sp³-hybridized carbons (Fsp3) is 0.0333. The topological polar surface area (TPSA) is 41.9 Å². The van der Waals surface area contributed by atoms with Crippen LogP contribution in [0.3, 0.4) is 0 Å². The molecule has 2 aliphatic rings. The Morgan fingerprint density at radius 1 is 0.765 bits per heavy atom. The Morgan fingerprint density at radius 3 is 2.59 bits per heavy atom. The molecule has 34 heavy (non-hydrogen) atoms. The molecule has 4 aromatic carbocycles. The number of hydrogen-bond acceptors (Lipinski definition) is 3. The van der Waals surface area contributed by atoms with Crippen LogP contribution in [0.1, 0.15) is 0 Å². The second-order valence-electron chi connectivity index (χ2n) is 9.24. The van der Waals surface area contributed by atoms with E-state index in [0.717, 1.165) is 39.2 Å². The Labute approximate surface area is 193 Å². The lowest BCUT2D eigenvalue weighted by Gasteiger charge is -2.23. The van der Waals surface area contributed by atoms with E-state index < -0.39 is 0 Å². The molecule has 4 heterocycles. The minimum Gasteiger partial charge on any atom is -0.456 e. The Kier molecular flexibility index (Phi) is 2.83. The van der Waals surface area contributed by atoms with Crippen LogP contribution < -0.4 is 5.32 Å². The van der Waals surface area contributed by atoms with E-state index in [2.05, 4.69) is 88.6 Å². The first-order chi connectivity index (χ1) is 16.9. The van der Waals surface area contributed by atoms with Crippen LogP contribution in [0.25, 0.3) is 59.9 Å². The van der Waals surface area contributed by atoms with Crippen LogP contribution in [-0.4, -0.2) is 16.2 Å². The lowest BCUT2D eigenvalue weighted by Crippen LogP contribution is -2.29. The van der Waals surface area contributed by atoms with Crippen LogP contribution in [0, 0.1) is 0 Å². The molecule has 1 aliphatic heterocycles.